The number of halogens is 1. The first kappa shape index (κ1) is 16.8. The van der Waals surface area contributed by atoms with Gasteiger partial charge in [-0.2, -0.15) is 0 Å². The summed E-state index contributed by atoms with van der Waals surface area (Å²) in [6, 6.07) is 10.7. The largest absolute Gasteiger partial charge is 0.375 e. The lowest BCUT2D eigenvalue weighted by atomic mass is 9.89. The van der Waals surface area contributed by atoms with E-state index in [0.717, 1.165) is 32.7 Å². The van der Waals surface area contributed by atoms with E-state index in [4.69, 9.17) is 4.74 Å². The molecule has 118 valence electrons. The Morgan fingerprint density at radius 2 is 2.14 bits per heavy atom. The Hall–Kier alpha value is -0.610. The van der Waals surface area contributed by atoms with Crippen molar-refractivity contribution in [3.63, 3.8) is 0 Å². The molecule has 2 atom stereocenters. The SMILES string of the molecule is CC1(CN2CCOC(Cc3ccccc3)C2)CCNC1.Cl. The van der Waals surface area contributed by atoms with Crippen molar-refractivity contribution < 1.29 is 4.74 Å². The van der Waals surface area contributed by atoms with E-state index in [1.807, 2.05) is 0 Å². The first-order valence-corrected chi connectivity index (χ1v) is 7.82. The molecule has 1 aromatic carbocycles. The van der Waals surface area contributed by atoms with Crippen LogP contribution in [0.25, 0.3) is 0 Å². The molecule has 0 radical (unpaired) electrons. The Morgan fingerprint density at radius 3 is 2.86 bits per heavy atom. The molecule has 21 heavy (non-hydrogen) atoms. The molecule has 0 aromatic heterocycles. The molecule has 4 heteroatoms. The van der Waals surface area contributed by atoms with Gasteiger partial charge in [0.15, 0.2) is 0 Å². The van der Waals surface area contributed by atoms with Crippen molar-refractivity contribution in [2.24, 2.45) is 5.41 Å². The second-order valence-corrected chi connectivity index (χ2v) is 6.66. The van der Waals surface area contributed by atoms with E-state index in [1.165, 1.54) is 25.1 Å². The number of hydrogen-bond acceptors (Lipinski definition) is 3. The number of nitrogens with one attached hydrogen (secondary N) is 1. The maximum absolute atomic E-state index is 5.95. The summed E-state index contributed by atoms with van der Waals surface area (Å²) in [6.45, 7) is 8.98. The minimum Gasteiger partial charge on any atom is -0.375 e. The average molecular weight is 311 g/mol. The molecule has 0 aliphatic carbocycles. The molecule has 3 nitrogen and oxygen atoms in total. The predicted octanol–water partition coefficient (Wildman–Crippen LogP) is 2.35. The number of benzene rings is 1. The van der Waals surface area contributed by atoms with E-state index in [9.17, 15) is 0 Å². The summed E-state index contributed by atoms with van der Waals surface area (Å²) in [5.74, 6) is 0. The molecule has 0 saturated carbocycles. The standard InChI is InChI=1S/C17H26N2O.ClH/c1-17(7-8-18-13-17)14-19-9-10-20-16(12-19)11-15-5-3-2-4-6-15;/h2-6,16,18H,7-14H2,1H3;1H. The van der Waals surface area contributed by atoms with Crippen molar-refractivity contribution in [3.8, 4) is 0 Å². The molecular formula is C17H27ClN2O. The van der Waals surface area contributed by atoms with Crippen LogP contribution in [0.4, 0.5) is 0 Å². The molecule has 0 spiro atoms. The van der Waals surface area contributed by atoms with Gasteiger partial charge in [-0.25, -0.2) is 0 Å². The smallest absolute Gasteiger partial charge is 0.0742 e. The van der Waals surface area contributed by atoms with Crippen LogP contribution in [0.15, 0.2) is 30.3 Å². The van der Waals surface area contributed by atoms with E-state index in [0.29, 0.717) is 11.5 Å². The van der Waals surface area contributed by atoms with Crippen LogP contribution in [0.3, 0.4) is 0 Å². The summed E-state index contributed by atoms with van der Waals surface area (Å²) in [4.78, 5) is 2.60. The molecule has 2 fully saturated rings. The highest BCUT2D eigenvalue weighted by atomic mass is 35.5. The van der Waals surface area contributed by atoms with Crippen molar-refractivity contribution in [2.75, 3.05) is 39.3 Å². The first-order chi connectivity index (χ1) is 9.73. The summed E-state index contributed by atoms with van der Waals surface area (Å²) in [5, 5.41) is 3.50. The lowest BCUT2D eigenvalue weighted by molar-refractivity contribution is -0.0376. The minimum atomic E-state index is 0. The predicted molar refractivity (Wildman–Crippen MR) is 89.2 cm³/mol. The molecule has 1 aromatic rings. The summed E-state index contributed by atoms with van der Waals surface area (Å²) in [6.07, 6.45) is 2.68. The summed E-state index contributed by atoms with van der Waals surface area (Å²) >= 11 is 0. The number of morpholine rings is 1. The molecule has 2 saturated heterocycles. The van der Waals surface area contributed by atoms with Crippen LogP contribution >= 0.6 is 12.4 Å². The van der Waals surface area contributed by atoms with Crippen LogP contribution in [0.2, 0.25) is 0 Å². The summed E-state index contributed by atoms with van der Waals surface area (Å²) in [5.41, 5.74) is 1.84. The number of nitrogens with zero attached hydrogens (tertiary/aromatic N) is 1. The maximum Gasteiger partial charge on any atom is 0.0742 e. The average Bonchev–Trinajstić information content (AvgIpc) is 2.87. The van der Waals surface area contributed by atoms with Crippen LogP contribution in [0.1, 0.15) is 18.9 Å². The Morgan fingerprint density at radius 1 is 1.33 bits per heavy atom. The highest BCUT2D eigenvalue weighted by molar-refractivity contribution is 5.85. The minimum absolute atomic E-state index is 0. The molecule has 2 unspecified atom stereocenters. The van der Waals surface area contributed by atoms with Gasteiger partial charge in [-0.15, -0.1) is 12.4 Å². The van der Waals surface area contributed by atoms with Crippen LogP contribution in [0, 0.1) is 5.41 Å². The van der Waals surface area contributed by atoms with Crippen molar-refractivity contribution in [1.29, 1.82) is 0 Å². The quantitative estimate of drug-likeness (QED) is 0.924. The summed E-state index contributed by atoms with van der Waals surface area (Å²) < 4.78 is 5.95. The topological polar surface area (TPSA) is 24.5 Å². The van der Waals surface area contributed by atoms with Gasteiger partial charge in [0.25, 0.3) is 0 Å². The molecule has 1 N–H and O–H groups in total. The third-order valence-corrected chi connectivity index (χ3v) is 4.59. The zero-order valence-electron chi connectivity index (χ0n) is 12.9. The van der Waals surface area contributed by atoms with Crippen LogP contribution in [-0.4, -0.2) is 50.3 Å². The number of rotatable bonds is 4. The third kappa shape index (κ3) is 4.68. The van der Waals surface area contributed by atoms with Gasteiger partial charge in [-0.1, -0.05) is 37.3 Å². The van der Waals surface area contributed by atoms with Gasteiger partial charge < -0.3 is 10.1 Å². The van der Waals surface area contributed by atoms with Crippen LogP contribution in [-0.2, 0) is 11.2 Å². The highest BCUT2D eigenvalue weighted by Gasteiger charge is 2.32. The Kier molecular flexibility index (Phi) is 6.06. The lowest BCUT2D eigenvalue weighted by Gasteiger charge is -2.37. The van der Waals surface area contributed by atoms with Gasteiger partial charge in [-0.3, -0.25) is 4.90 Å². The molecule has 0 amide bonds. The fourth-order valence-corrected chi connectivity index (χ4v) is 3.47. The maximum atomic E-state index is 5.95. The van der Waals surface area contributed by atoms with Crippen LogP contribution in [0.5, 0.6) is 0 Å². The van der Waals surface area contributed by atoms with Gasteiger partial charge in [-0.05, 0) is 30.4 Å². The molecule has 2 heterocycles. The van der Waals surface area contributed by atoms with E-state index >= 15 is 0 Å². The zero-order chi connectivity index (χ0) is 13.8. The van der Waals surface area contributed by atoms with E-state index in [-0.39, 0.29) is 12.4 Å². The van der Waals surface area contributed by atoms with E-state index < -0.39 is 0 Å². The molecule has 3 rings (SSSR count). The zero-order valence-corrected chi connectivity index (χ0v) is 13.7. The number of hydrogen-bond donors (Lipinski definition) is 1. The third-order valence-electron chi connectivity index (χ3n) is 4.59. The normalized spacial score (nSPS) is 30.0. The van der Waals surface area contributed by atoms with E-state index in [1.54, 1.807) is 0 Å². The second kappa shape index (κ2) is 7.59. The van der Waals surface area contributed by atoms with Crippen molar-refractivity contribution in [1.82, 2.24) is 10.2 Å². The Balaban J connectivity index is 0.00000161. The molecular weight excluding hydrogens is 284 g/mol. The highest BCUT2D eigenvalue weighted by Crippen LogP contribution is 2.26. The monoisotopic (exact) mass is 310 g/mol. The van der Waals surface area contributed by atoms with Crippen molar-refractivity contribution in [3.05, 3.63) is 35.9 Å². The molecule has 2 aliphatic rings. The van der Waals surface area contributed by atoms with Gasteiger partial charge in [0, 0.05) is 26.2 Å². The van der Waals surface area contributed by atoms with Crippen molar-refractivity contribution >= 4 is 12.4 Å². The van der Waals surface area contributed by atoms with Crippen molar-refractivity contribution in [2.45, 2.75) is 25.9 Å². The first-order valence-electron chi connectivity index (χ1n) is 7.82. The van der Waals surface area contributed by atoms with Crippen LogP contribution < -0.4 is 5.32 Å². The Labute approximate surface area is 134 Å². The second-order valence-electron chi connectivity index (χ2n) is 6.66. The lowest BCUT2D eigenvalue weighted by Crippen LogP contribution is -2.47. The number of ether oxygens (including phenoxy) is 1. The van der Waals surface area contributed by atoms with Gasteiger partial charge in [0.05, 0.1) is 12.7 Å². The van der Waals surface area contributed by atoms with E-state index in [2.05, 4.69) is 47.5 Å². The van der Waals surface area contributed by atoms with Gasteiger partial charge >= 0.3 is 0 Å². The Bertz CT molecular complexity index is 420. The molecule has 2 aliphatic heterocycles. The molecule has 0 bridgehead atoms. The van der Waals surface area contributed by atoms with Gasteiger partial charge in [0.2, 0.25) is 0 Å². The fourth-order valence-electron chi connectivity index (χ4n) is 3.47. The van der Waals surface area contributed by atoms with Gasteiger partial charge in [0.1, 0.15) is 0 Å². The summed E-state index contributed by atoms with van der Waals surface area (Å²) in [7, 11) is 0. The fraction of sp³-hybridized carbons (Fsp3) is 0.647.